The third-order valence-corrected chi connectivity index (χ3v) is 3.05. The monoisotopic (exact) mass is 288 g/mol. The molecule has 0 spiro atoms. The summed E-state index contributed by atoms with van der Waals surface area (Å²) < 4.78 is 5.02. The van der Waals surface area contributed by atoms with Crippen LogP contribution in [0.4, 0.5) is 11.4 Å². The lowest BCUT2D eigenvalue weighted by atomic mass is 10.1. The summed E-state index contributed by atoms with van der Waals surface area (Å²) in [6, 6.07) is 12.2. The van der Waals surface area contributed by atoms with E-state index >= 15 is 0 Å². The summed E-state index contributed by atoms with van der Waals surface area (Å²) in [6.45, 7) is 0.550. The summed E-state index contributed by atoms with van der Waals surface area (Å²) in [7, 11) is 1.40. The maximum absolute atomic E-state index is 10.8. The van der Waals surface area contributed by atoms with E-state index in [1.54, 1.807) is 12.1 Å². The van der Waals surface area contributed by atoms with Gasteiger partial charge < -0.3 is 15.2 Å². The fourth-order valence-electron chi connectivity index (χ4n) is 1.98. The summed E-state index contributed by atoms with van der Waals surface area (Å²) >= 11 is 0. The molecule has 21 heavy (non-hydrogen) atoms. The minimum atomic E-state index is -0.479. The molecule has 0 atom stereocenters. The van der Waals surface area contributed by atoms with Crippen molar-refractivity contribution >= 4 is 11.4 Å². The largest absolute Gasteiger partial charge is 0.490 e. The molecule has 2 rings (SSSR count). The number of anilines is 1. The second-order valence-electron chi connectivity index (χ2n) is 4.48. The minimum Gasteiger partial charge on any atom is -0.490 e. The number of nitro benzene ring substituents is 1. The van der Waals surface area contributed by atoms with Crippen molar-refractivity contribution in [1.29, 1.82) is 0 Å². The number of benzene rings is 2. The van der Waals surface area contributed by atoms with Crippen LogP contribution >= 0.6 is 0 Å². The maximum Gasteiger partial charge on any atom is 0.311 e. The number of rotatable bonds is 6. The molecule has 2 aromatic carbocycles. The Kier molecular flexibility index (Phi) is 4.73. The van der Waals surface area contributed by atoms with Gasteiger partial charge in [-0.05, 0) is 17.2 Å². The molecule has 0 heterocycles. The zero-order valence-corrected chi connectivity index (χ0v) is 11.6. The fraction of sp³-hybridized carbons (Fsp3) is 0.200. The summed E-state index contributed by atoms with van der Waals surface area (Å²) in [5.41, 5.74) is 2.52. The highest BCUT2D eigenvalue weighted by Gasteiger charge is 2.14. The van der Waals surface area contributed by atoms with Gasteiger partial charge in [0.2, 0.25) is 0 Å². The van der Waals surface area contributed by atoms with Crippen molar-refractivity contribution in [3.63, 3.8) is 0 Å². The average molecular weight is 288 g/mol. The van der Waals surface area contributed by atoms with Gasteiger partial charge in [0.25, 0.3) is 0 Å². The van der Waals surface area contributed by atoms with Crippen molar-refractivity contribution in [3.8, 4) is 5.75 Å². The molecule has 0 fully saturated rings. The molecule has 0 bridgehead atoms. The zero-order valence-electron chi connectivity index (χ0n) is 11.6. The van der Waals surface area contributed by atoms with Gasteiger partial charge in [-0.3, -0.25) is 10.1 Å². The van der Waals surface area contributed by atoms with Crippen molar-refractivity contribution in [2.24, 2.45) is 0 Å². The van der Waals surface area contributed by atoms with Gasteiger partial charge in [-0.15, -0.1) is 0 Å². The Morgan fingerprint density at radius 1 is 1.24 bits per heavy atom. The van der Waals surface area contributed by atoms with Crippen LogP contribution in [0, 0.1) is 10.1 Å². The first-order valence-electron chi connectivity index (χ1n) is 6.39. The Bertz CT molecular complexity index is 643. The van der Waals surface area contributed by atoms with E-state index in [2.05, 4.69) is 5.32 Å². The predicted molar refractivity (Wildman–Crippen MR) is 79.3 cm³/mol. The van der Waals surface area contributed by atoms with Gasteiger partial charge in [-0.25, -0.2) is 0 Å². The molecule has 0 amide bonds. The van der Waals surface area contributed by atoms with Gasteiger partial charge in [0.1, 0.15) is 0 Å². The number of aliphatic hydroxyl groups excluding tert-OH is 1. The van der Waals surface area contributed by atoms with E-state index in [1.807, 2.05) is 24.3 Å². The topological polar surface area (TPSA) is 84.6 Å². The molecule has 0 aliphatic carbocycles. The van der Waals surface area contributed by atoms with Crippen LogP contribution in [0.3, 0.4) is 0 Å². The molecule has 6 nitrogen and oxygen atoms in total. The lowest BCUT2D eigenvalue weighted by Crippen LogP contribution is -2.01. The van der Waals surface area contributed by atoms with Gasteiger partial charge >= 0.3 is 5.69 Å². The van der Waals surface area contributed by atoms with Crippen LogP contribution in [0.2, 0.25) is 0 Å². The second-order valence-corrected chi connectivity index (χ2v) is 4.48. The number of ether oxygens (including phenoxy) is 1. The molecule has 110 valence electrons. The number of hydrogen-bond donors (Lipinski definition) is 2. The first-order valence-corrected chi connectivity index (χ1v) is 6.39. The van der Waals surface area contributed by atoms with E-state index in [-0.39, 0.29) is 18.0 Å². The van der Waals surface area contributed by atoms with Crippen molar-refractivity contribution < 1.29 is 14.8 Å². The van der Waals surface area contributed by atoms with Crippen molar-refractivity contribution in [1.82, 2.24) is 0 Å². The third-order valence-electron chi connectivity index (χ3n) is 3.05. The predicted octanol–water partition coefficient (Wildman–Crippen LogP) is 2.71. The Morgan fingerprint density at radius 2 is 2.00 bits per heavy atom. The fourth-order valence-corrected chi connectivity index (χ4v) is 1.98. The Hall–Kier alpha value is -2.60. The first-order chi connectivity index (χ1) is 10.1. The number of hydrogen-bond acceptors (Lipinski definition) is 5. The van der Waals surface area contributed by atoms with Crippen molar-refractivity contribution in [3.05, 3.63) is 63.7 Å². The lowest BCUT2D eigenvalue weighted by molar-refractivity contribution is -0.385. The van der Waals surface area contributed by atoms with E-state index in [4.69, 9.17) is 9.84 Å². The van der Waals surface area contributed by atoms with Gasteiger partial charge in [-0.2, -0.15) is 0 Å². The molecule has 0 aliphatic heterocycles. The zero-order chi connectivity index (χ0) is 15.2. The van der Waals surface area contributed by atoms with E-state index in [0.29, 0.717) is 6.54 Å². The standard InChI is InChI=1S/C15H16N2O4/c1-21-15-8-13(5-6-14(15)17(19)20)16-9-11-3-2-4-12(7-11)10-18/h2-8,16,18H,9-10H2,1H3. The average Bonchev–Trinajstić information content (AvgIpc) is 2.52. The summed E-state index contributed by atoms with van der Waals surface area (Å²) in [4.78, 5) is 10.3. The smallest absolute Gasteiger partial charge is 0.311 e. The Morgan fingerprint density at radius 3 is 2.67 bits per heavy atom. The maximum atomic E-state index is 10.8. The molecule has 0 radical (unpaired) electrons. The first kappa shape index (κ1) is 14.8. The highest BCUT2D eigenvalue weighted by molar-refractivity contribution is 5.58. The molecule has 6 heteroatoms. The van der Waals surface area contributed by atoms with Crippen LogP contribution in [-0.2, 0) is 13.2 Å². The van der Waals surface area contributed by atoms with Crippen LogP contribution in [0.15, 0.2) is 42.5 Å². The van der Waals surface area contributed by atoms with Crippen LogP contribution in [0.5, 0.6) is 5.75 Å². The van der Waals surface area contributed by atoms with Crippen LogP contribution in [0.1, 0.15) is 11.1 Å². The molecule has 2 aromatic rings. The van der Waals surface area contributed by atoms with Gasteiger partial charge in [0.15, 0.2) is 5.75 Å². The van der Waals surface area contributed by atoms with Crippen LogP contribution in [0.25, 0.3) is 0 Å². The van der Waals surface area contributed by atoms with E-state index in [0.717, 1.165) is 16.8 Å². The summed E-state index contributed by atoms with van der Waals surface area (Å²) in [5.74, 6) is 0.217. The number of aliphatic hydroxyl groups is 1. The molecule has 0 saturated heterocycles. The van der Waals surface area contributed by atoms with Crippen molar-refractivity contribution in [2.75, 3.05) is 12.4 Å². The number of nitrogens with zero attached hydrogens (tertiary/aromatic N) is 1. The minimum absolute atomic E-state index is 0.000799. The highest BCUT2D eigenvalue weighted by atomic mass is 16.6. The number of nitro groups is 1. The van der Waals surface area contributed by atoms with Gasteiger partial charge in [0, 0.05) is 24.4 Å². The van der Waals surface area contributed by atoms with E-state index in [1.165, 1.54) is 13.2 Å². The Labute approximate surface area is 122 Å². The number of methoxy groups -OCH3 is 1. The summed E-state index contributed by atoms with van der Waals surface area (Å²) in [6.07, 6.45) is 0. The van der Waals surface area contributed by atoms with Gasteiger partial charge in [-0.1, -0.05) is 24.3 Å². The SMILES string of the molecule is COc1cc(NCc2cccc(CO)c2)ccc1[N+](=O)[O-]. The molecule has 2 N–H and O–H groups in total. The lowest BCUT2D eigenvalue weighted by Gasteiger charge is -2.09. The van der Waals surface area contributed by atoms with Crippen LogP contribution in [-0.4, -0.2) is 17.1 Å². The van der Waals surface area contributed by atoms with Crippen molar-refractivity contribution in [2.45, 2.75) is 13.2 Å². The second kappa shape index (κ2) is 6.71. The van der Waals surface area contributed by atoms with E-state index < -0.39 is 4.92 Å². The molecule has 0 aromatic heterocycles. The summed E-state index contributed by atoms with van der Waals surface area (Å²) in [5, 5.41) is 23.1. The number of nitrogens with one attached hydrogen (secondary N) is 1. The Balaban J connectivity index is 2.11. The normalized spacial score (nSPS) is 10.2. The van der Waals surface area contributed by atoms with Crippen LogP contribution < -0.4 is 10.1 Å². The van der Waals surface area contributed by atoms with Gasteiger partial charge in [0.05, 0.1) is 18.6 Å². The van der Waals surface area contributed by atoms with E-state index in [9.17, 15) is 10.1 Å². The third kappa shape index (κ3) is 3.70. The highest BCUT2D eigenvalue weighted by Crippen LogP contribution is 2.29. The molecular weight excluding hydrogens is 272 g/mol. The molecular formula is C15H16N2O4. The quantitative estimate of drug-likeness (QED) is 0.630. The molecule has 0 unspecified atom stereocenters. The molecule has 0 saturated carbocycles. The molecule has 0 aliphatic rings.